The van der Waals surface area contributed by atoms with Crippen molar-refractivity contribution < 1.29 is 0 Å². The fraction of sp³-hybridized carbons (Fsp3) is 0.0635. The average Bonchev–Trinajstić information content (AvgIpc) is 3.95. The lowest BCUT2D eigenvalue weighted by Crippen LogP contribution is -2.47. The Labute approximate surface area is 395 Å². The van der Waals surface area contributed by atoms with Crippen molar-refractivity contribution in [3.05, 3.63) is 259 Å². The van der Waals surface area contributed by atoms with Gasteiger partial charge in [0.1, 0.15) is 12.3 Å². The zero-order valence-electron chi connectivity index (χ0n) is 37.4. The summed E-state index contributed by atoms with van der Waals surface area (Å²) >= 11 is 0. The molecule has 9 aromatic carbocycles. The van der Waals surface area contributed by atoms with Crippen LogP contribution in [0.25, 0.3) is 82.7 Å². The molecule has 11 aromatic rings. The fourth-order valence-corrected chi connectivity index (χ4v) is 10.8. The Hall–Kier alpha value is -8.51. The molecule has 3 heterocycles. The van der Waals surface area contributed by atoms with E-state index in [1.54, 1.807) is 0 Å². The highest BCUT2D eigenvalue weighted by Gasteiger charge is 2.30. The molecule has 13 rings (SSSR count). The minimum absolute atomic E-state index is 0.229. The molecule has 1 aliphatic heterocycles. The Kier molecular flexibility index (Phi) is 9.80. The summed E-state index contributed by atoms with van der Waals surface area (Å²) in [4.78, 5) is 5.68. The first kappa shape index (κ1) is 39.8. The van der Waals surface area contributed by atoms with Crippen molar-refractivity contribution in [2.45, 2.75) is 24.7 Å². The van der Waals surface area contributed by atoms with Crippen molar-refractivity contribution in [3.8, 4) is 39.1 Å². The number of hydrogen-bond acceptors (Lipinski definition) is 3. The lowest BCUT2D eigenvalue weighted by Gasteiger charge is -2.32. The Morgan fingerprint density at radius 3 is 1.68 bits per heavy atom. The Morgan fingerprint density at radius 1 is 0.441 bits per heavy atom. The molecule has 3 atom stereocenters. The van der Waals surface area contributed by atoms with Gasteiger partial charge in [-0.25, -0.2) is 4.99 Å². The van der Waals surface area contributed by atoms with Crippen LogP contribution in [0.15, 0.2) is 248 Å². The van der Waals surface area contributed by atoms with Gasteiger partial charge in [0.05, 0.1) is 27.8 Å². The topological polar surface area (TPSA) is 46.3 Å². The van der Waals surface area contributed by atoms with Gasteiger partial charge in [-0.15, -0.1) is 0 Å². The maximum Gasteiger partial charge on any atom is 0.206 e. The number of allylic oxidation sites excluding steroid dienone is 4. The standard InChI is InChI=1S/C63H47N5/c1-5-20-42(21-6-1)48-28-13-14-29-49(48)44-36-38-47(39-37-44)62-64-61(46-26-11-4-12-27-46)65-63(66-62)68-56-34-18-16-31-52(56)54-41-40-53-51-30-15-17-33-55(51)67(59(53)60(54)68)57-35-19-32-50(43-22-7-2-8-23-43)58(57)45-24-9-3-10-25-45/h1-22,24-41,43,61-62,64H,23H2,(H,65,66). The molecule has 0 saturated carbocycles. The number of aliphatic imine (C=N–C) groups is 1. The van der Waals surface area contributed by atoms with Crippen LogP contribution in [0.4, 0.5) is 0 Å². The average molecular weight is 874 g/mol. The summed E-state index contributed by atoms with van der Waals surface area (Å²) in [7, 11) is 0. The van der Waals surface area contributed by atoms with E-state index in [1.165, 1.54) is 60.5 Å². The molecule has 2 aromatic heterocycles. The van der Waals surface area contributed by atoms with E-state index in [9.17, 15) is 0 Å². The van der Waals surface area contributed by atoms with Gasteiger partial charge in [0.15, 0.2) is 0 Å². The van der Waals surface area contributed by atoms with E-state index < -0.39 is 0 Å². The van der Waals surface area contributed by atoms with Gasteiger partial charge < -0.3 is 9.88 Å². The van der Waals surface area contributed by atoms with Crippen LogP contribution in [0.3, 0.4) is 0 Å². The lowest BCUT2D eigenvalue weighted by atomic mass is 9.85. The van der Waals surface area contributed by atoms with Gasteiger partial charge in [-0.05, 0) is 69.1 Å². The van der Waals surface area contributed by atoms with Crippen LogP contribution in [0.5, 0.6) is 0 Å². The number of nitrogens with one attached hydrogen (secondary N) is 2. The molecule has 0 fully saturated rings. The van der Waals surface area contributed by atoms with Crippen LogP contribution >= 0.6 is 0 Å². The van der Waals surface area contributed by atoms with Gasteiger partial charge in [-0.2, -0.15) is 0 Å². The van der Waals surface area contributed by atoms with Gasteiger partial charge in [-0.1, -0.05) is 224 Å². The van der Waals surface area contributed by atoms with Crippen molar-refractivity contribution in [1.82, 2.24) is 19.8 Å². The minimum Gasteiger partial charge on any atom is -0.336 e. The van der Waals surface area contributed by atoms with Gasteiger partial charge in [-0.3, -0.25) is 9.88 Å². The van der Waals surface area contributed by atoms with Crippen LogP contribution in [-0.4, -0.2) is 15.1 Å². The molecule has 0 amide bonds. The quantitative estimate of drug-likeness (QED) is 0.168. The first-order valence-corrected chi connectivity index (χ1v) is 23.6. The van der Waals surface area contributed by atoms with E-state index in [-0.39, 0.29) is 18.2 Å². The highest BCUT2D eigenvalue weighted by Crippen LogP contribution is 2.45. The number of benzene rings is 9. The van der Waals surface area contributed by atoms with Crippen molar-refractivity contribution in [3.63, 3.8) is 0 Å². The van der Waals surface area contributed by atoms with E-state index in [0.717, 1.165) is 51.3 Å². The molecule has 5 heteroatoms. The second-order valence-electron chi connectivity index (χ2n) is 17.9. The largest absolute Gasteiger partial charge is 0.336 e. The monoisotopic (exact) mass is 873 g/mol. The third-order valence-electron chi connectivity index (χ3n) is 14.0. The van der Waals surface area contributed by atoms with E-state index in [1.807, 2.05) is 0 Å². The SMILES string of the molecule is C1=CCC(c2cccc(-n3c4ccccc4c4ccc5c6ccccc6n(C6=NC(c7ccc(-c8ccccc8-c8ccccc8)cc7)NC(c7ccccc7)N6)c5c43)c2-c2ccccc2)C=C1. The summed E-state index contributed by atoms with van der Waals surface area (Å²) in [6, 6.07) is 79.1. The van der Waals surface area contributed by atoms with Crippen LogP contribution in [0, 0.1) is 0 Å². The highest BCUT2D eigenvalue weighted by atomic mass is 15.4. The number of rotatable bonds is 7. The van der Waals surface area contributed by atoms with Gasteiger partial charge >= 0.3 is 0 Å². The van der Waals surface area contributed by atoms with E-state index >= 15 is 0 Å². The van der Waals surface area contributed by atoms with Gasteiger partial charge in [0, 0.05) is 33.0 Å². The molecule has 324 valence electrons. The first-order valence-electron chi connectivity index (χ1n) is 23.6. The molecule has 1 aliphatic carbocycles. The Balaban J connectivity index is 1.05. The number of hydrogen-bond donors (Lipinski definition) is 2. The minimum atomic E-state index is -0.352. The van der Waals surface area contributed by atoms with Crippen LogP contribution in [-0.2, 0) is 0 Å². The number of aromatic nitrogens is 2. The van der Waals surface area contributed by atoms with Crippen molar-refractivity contribution in [2.24, 2.45) is 4.99 Å². The number of para-hydroxylation sites is 2. The smallest absolute Gasteiger partial charge is 0.206 e. The predicted octanol–water partition coefficient (Wildman–Crippen LogP) is 15.3. The van der Waals surface area contributed by atoms with Crippen LogP contribution in [0.2, 0.25) is 0 Å². The summed E-state index contributed by atoms with van der Waals surface area (Å²) in [5, 5.41) is 12.6. The molecule has 0 saturated heterocycles. The van der Waals surface area contributed by atoms with Crippen molar-refractivity contribution >= 4 is 49.6 Å². The molecule has 0 bridgehead atoms. The van der Waals surface area contributed by atoms with E-state index in [4.69, 9.17) is 4.99 Å². The summed E-state index contributed by atoms with van der Waals surface area (Å²) in [5.41, 5.74) is 16.4. The zero-order chi connectivity index (χ0) is 45.0. The second-order valence-corrected chi connectivity index (χ2v) is 17.9. The Morgan fingerprint density at radius 2 is 1.01 bits per heavy atom. The maximum absolute atomic E-state index is 5.68. The van der Waals surface area contributed by atoms with Crippen molar-refractivity contribution in [2.75, 3.05) is 0 Å². The first-order chi connectivity index (χ1) is 33.8. The van der Waals surface area contributed by atoms with Crippen LogP contribution in [0.1, 0.15) is 41.4 Å². The molecule has 68 heavy (non-hydrogen) atoms. The normalized spacial score (nSPS) is 16.9. The summed E-state index contributed by atoms with van der Waals surface area (Å²) in [6.07, 6.45) is 9.37. The highest BCUT2D eigenvalue weighted by molar-refractivity contribution is 6.26. The van der Waals surface area contributed by atoms with Gasteiger partial charge in [0.25, 0.3) is 0 Å². The summed E-state index contributed by atoms with van der Waals surface area (Å²) in [5.74, 6) is 1.04. The molecule has 2 aliphatic rings. The molecule has 5 nitrogen and oxygen atoms in total. The molecular formula is C63H47N5. The lowest BCUT2D eigenvalue weighted by molar-refractivity contribution is 0.403. The molecule has 0 spiro atoms. The molecule has 0 radical (unpaired) electrons. The number of fused-ring (bicyclic) bond motifs is 7. The van der Waals surface area contributed by atoms with E-state index in [0.29, 0.717) is 0 Å². The third-order valence-corrected chi connectivity index (χ3v) is 14.0. The third kappa shape index (κ3) is 6.70. The van der Waals surface area contributed by atoms with Gasteiger partial charge in [0.2, 0.25) is 5.96 Å². The van der Waals surface area contributed by atoms with Crippen LogP contribution < -0.4 is 10.6 Å². The molecule has 3 unspecified atom stereocenters. The zero-order valence-corrected chi connectivity index (χ0v) is 37.4. The summed E-state index contributed by atoms with van der Waals surface area (Å²) in [6.45, 7) is 0. The maximum atomic E-state index is 5.68. The summed E-state index contributed by atoms with van der Waals surface area (Å²) < 4.78 is 4.94. The predicted molar refractivity (Wildman–Crippen MR) is 283 cm³/mol. The second kappa shape index (κ2) is 16.7. The fourth-order valence-electron chi connectivity index (χ4n) is 10.8. The molecule has 2 N–H and O–H groups in total. The van der Waals surface area contributed by atoms with E-state index in [2.05, 4.69) is 262 Å². The molecular weight excluding hydrogens is 827 g/mol. The van der Waals surface area contributed by atoms with Crippen molar-refractivity contribution in [1.29, 1.82) is 0 Å². The number of nitrogens with zero attached hydrogens (tertiary/aromatic N) is 3. The Bertz CT molecular complexity index is 3770.